The molecule has 3 heteroatoms. The molecule has 0 saturated carbocycles. The molecule has 70 valence electrons. The molecule has 0 aromatic rings. The molecule has 0 amide bonds. The molecule has 1 atom stereocenters. The van der Waals surface area contributed by atoms with E-state index in [0.717, 1.165) is 26.2 Å². The van der Waals surface area contributed by atoms with Gasteiger partial charge in [-0.15, -0.1) is 0 Å². The van der Waals surface area contributed by atoms with Crippen LogP contribution in [0.5, 0.6) is 0 Å². The molecule has 1 heterocycles. The lowest BCUT2D eigenvalue weighted by Crippen LogP contribution is -2.50. The first-order valence-electron chi connectivity index (χ1n) is 4.54. The van der Waals surface area contributed by atoms with Crippen molar-refractivity contribution in [1.29, 1.82) is 0 Å². The number of hydrogen-bond acceptors (Lipinski definition) is 3. The van der Waals surface area contributed by atoms with Crippen molar-refractivity contribution >= 4 is 5.78 Å². The number of ketones is 1. The molecule has 1 rings (SSSR count). The monoisotopic (exact) mass is 170 g/mol. The Bertz CT molecular complexity index is 162. The summed E-state index contributed by atoms with van der Waals surface area (Å²) < 4.78 is 0. The van der Waals surface area contributed by atoms with Gasteiger partial charge in [0.2, 0.25) is 0 Å². The summed E-state index contributed by atoms with van der Waals surface area (Å²) in [6.45, 7) is 7.88. The van der Waals surface area contributed by atoms with Gasteiger partial charge in [0.15, 0.2) is 0 Å². The highest BCUT2D eigenvalue weighted by Gasteiger charge is 2.21. The molecule has 0 spiro atoms. The zero-order valence-electron chi connectivity index (χ0n) is 8.21. The van der Waals surface area contributed by atoms with Gasteiger partial charge in [0.1, 0.15) is 5.78 Å². The van der Waals surface area contributed by atoms with E-state index in [4.69, 9.17) is 0 Å². The summed E-state index contributed by atoms with van der Waals surface area (Å²) in [5.41, 5.74) is 0. The first-order valence-corrected chi connectivity index (χ1v) is 4.54. The number of hydrogen-bond donors (Lipinski definition) is 0. The van der Waals surface area contributed by atoms with E-state index in [1.807, 2.05) is 6.92 Å². The van der Waals surface area contributed by atoms with Crippen molar-refractivity contribution < 1.29 is 4.79 Å². The van der Waals surface area contributed by atoms with E-state index in [9.17, 15) is 4.79 Å². The summed E-state index contributed by atoms with van der Waals surface area (Å²) in [5, 5.41) is 0. The lowest BCUT2D eigenvalue weighted by atomic mass is 10.2. The second-order valence-electron chi connectivity index (χ2n) is 3.63. The van der Waals surface area contributed by atoms with Crippen LogP contribution in [0, 0.1) is 0 Å². The molecule has 3 nitrogen and oxygen atoms in total. The minimum absolute atomic E-state index is 0.110. The van der Waals surface area contributed by atoms with E-state index in [-0.39, 0.29) is 11.8 Å². The van der Waals surface area contributed by atoms with Gasteiger partial charge in [-0.3, -0.25) is 9.69 Å². The van der Waals surface area contributed by atoms with E-state index in [1.54, 1.807) is 6.92 Å². The van der Waals surface area contributed by atoms with E-state index in [1.165, 1.54) is 0 Å². The molecule has 1 saturated heterocycles. The number of likely N-dealkylation sites (N-methyl/N-ethyl adjacent to an activating group) is 1. The highest BCUT2D eigenvalue weighted by Crippen LogP contribution is 2.04. The number of rotatable bonds is 2. The topological polar surface area (TPSA) is 23.6 Å². The van der Waals surface area contributed by atoms with Crippen LogP contribution in [0.2, 0.25) is 0 Å². The third kappa shape index (κ3) is 2.29. The van der Waals surface area contributed by atoms with E-state index in [0.29, 0.717) is 0 Å². The number of Topliss-reactive ketones (excluding diaryl/α,β-unsaturated/α-hetero) is 1. The number of carbonyl (C=O) groups is 1. The summed E-state index contributed by atoms with van der Waals surface area (Å²) in [4.78, 5) is 15.6. The van der Waals surface area contributed by atoms with E-state index in [2.05, 4.69) is 16.8 Å². The molecule has 1 fully saturated rings. The first kappa shape index (κ1) is 9.68. The highest BCUT2D eigenvalue weighted by atomic mass is 16.1. The molecule has 12 heavy (non-hydrogen) atoms. The summed E-state index contributed by atoms with van der Waals surface area (Å²) in [5.74, 6) is 0.277. The van der Waals surface area contributed by atoms with Gasteiger partial charge in [0, 0.05) is 26.2 Å². The molecule has 0 unspecified atom stereocenters. The highest BCUT2D eigenvalue weighted by molar-refractivity contribution is 5.80. The average Bonchev–Trinajstić information content (AvgIpc) is 2.04. The summed E-state index contributed by atoms with van der Waals surface area (Å²) in [7, 11) is 2.12. The van der Waals surface area contributed by atoms with Gasteiger partial charge in [-0.25, -0.2) is 0 Å². The molecule has 0 bridgehead atoms. The van der Waals surface area contributed by atoms with Gasteiger partial charge < -0.3 is 4.90 Å². The normalized spacial score (nSPS) is 23.9. The Morgan fingerprint density at radius 3 is 2.17 bits per heavy atom. The molecule has 0 N–H and O–H groups in total. The molecule has 0 radical (unpaired) electrons. The Kier molecular flexibility index (Phi) is 3.23. The van der Waals surface area contributed by atoms with E-state index >= 15 is 0 Å². The zero-order valence-corrected chi connectivity index (χ0v) is 8.21. The second kappa shape index (κ2) is 4.01. The SMILES string of the molecule is CC(=O)[C@H](C)N1CCN(C)CC1. The van der Waals surface area contributed by atoms with Gasteiger partial charge in [0.05, 0.1) is 6.04 Å². The summed E-state index contributed by atoms with van der Waals surface area (Å²) in [6.07, 6.45) is 0. The maximum Gasteiger partial charge on any atom is 0.146 e. The molecule has 1 aliphatic heterocycles. The van der Waals surface area contributed by atoms with Crippen LogP contribution in [0.1, 0.15) is 13.8 Å². The molecule has 0 aliphatic carbocycles. The molecule has 1 aliphatic rings. The lowest BCUT2D eigenvalue weighted by Gasteiger charge is -2.35. The maximum atomic E-state index is 11.1. The van der Waals surface area contributed by atoms with Crippen molar-refractivity contribution in [1.82, 2.24) is 9.80 Å². The Labute approximate surface area is 74.3 Å². The Balaban J connectivity index is 2.39. The fourth-order valence-corrected chi connectivity index (χ4v) is 1.47. The van der Waals surface area contributed by atoms with Crippen LogP contribution in [-0.4, -0.2) is 54.9 Å². The molecular formula is C9H18N2O. The average molecular weight is 170 g/mol. The van der Waals surface area contributed by atoms with Gasteiger partial charge in [0.25, 0.3) is 0 Å². The fourth-order valence-electron chi connectivity index (χ4n) is 1.47. The Morgan fingerprint density at radius 2 is 1.75 bits per heavy atom. The fraction of sp³-hybridized carbons (Fsp3) is 0.889. The van der Waals surface area contributed by atoms with Crippen molar-refractivity contribution in [2.45, 2.75) is 19.9 Å². The predicted octanol–water partition coefficient (Wildman–Crippen LogP) is 0.211. The second-order valence-corrected chi connectivity index (χ2v) is 3.63. The van der Waals surface area contributed by atoms with Crippen LogP contribution in [0.3, 0.4) is 0 Å². The van der Waals surface area contributed by atoms with Crippen molar-refractivity contribution in [3.05, 3.63) is 0 Å². The standard InChI is InChI=1S/C9H18N2O/c1-8(9(2)12)11-6-4-10(3)5-7-11/h8H,4-7H2,1-3H3/t8-/m0/s1. The van der Waals surface area contributed by atoms with Crippen molar-refractivity contribution in [2.75, 3.05) is 33.2 Å². The van der Waals surface area contributed by atoms with Gasteiger partial charge in [-0.1, -0.05) is 0 Å². The van der Waals surface area contributed by atoms with Crippen LogP contribution in [0.4, 0.5) is 0 Å². The first-order chi connectivity index (χ1) is 5.61. The third-order valence-electron chi connectivity index (χ3n) is 2.67. The summed E-state index contributed by atoms with van der Waals surface area (Å²) >= 11 is 0. The van der Waals surface area contributed by atoms with Crippen LogP contribution >= 0.6 is 0 Å². The Hall–Kier alpha value is -0.410. The van der Waals surface area contributed by atoms with Crippen LogP contribution in [0.15, 0.2) is 0 Å². The Morgan fingerprint density at radius 1 is 1.25 bits per heavy atom. The number of nitrogens with zero attached hydrogens (tertiary/aromatic N) is 2. The summed E-state index contributed by atoms with van der Waals surface area (Å²) in [6, 6.07) is 0.110. The minimum atomic E-state index is 0.110. The third-order valence-corrected chi connectivity index (χ3v) is 2.67. The van der Waals surface area contributed by atoms with Crippen LogP contribution in [-0.2, 0) is 4.79 Å². The van der Waals surface area contributed by atoms with Gasteiger partial charge in [-0.2, -0.15) is 0 Å². The van der Waals surface area contributed by atoms with Gasteiger partial charge >= 0.3 is 0 Å². The predicted molar refractivity (Wildman–Crippen MR) is 49.2 cm³/mol. The number of piperazine rings is 1. The van der Waals surface area contributed by atoms with Gasteiger partial charge in [-0.05, 0) is 20.9 Å². The smallest absolute Gasteiger partial charge is 0.146 e. The minimum Gasteiger partial charge on any atom is -0.304 e. The maximum absolute atomic E-state index is 11.1. The van der Waals surface area contributed by atoms with Crippen LogP contribution in [0.25, 0.3) is 0 Å². The molecule has 0 aromatic heterocycles. The van der Waals surface area contributed by atoms with Crippen molar-refractivity contribution in [3.8, 4) is 0 Å². The number of carbonyl (C=O) groups excluding carboxylic acids is 1. The zero-order chi connectivity index (χ0) is 9.14. The van der Waals surface area contributed by atoms with Crippen molar-refractivity contribution in [2.24, 2.45) is 0 Å². The molecular weight excluding hydrogens is 152 g/mol. The largest absolute Gasteiger partial charge is 0.304 e. The van der Waals surface area contributed by atoms with Crippen LogP contribution < -0.4 is 0 Å². The molecule has 0 aromatic carbocycles. The van der Waals surface area contributed by atoms with Crippen molar-refractivity contribution in [3.63, 3.8) is 0 Å². The quantitative estimate of drug-likeness (QED) is 0.592. The van der Waals surface area contributed by atoms with E-state index < -0.39 is 0 Å². The lowest BCUT2D eigenvalue weighted by molar-refractivity contribution is -0.122.